The minimum absolute atomic E-state index is 0.00397. The topological polar surface area (TPSA) is 24.9 Å². The van der Waals surface area contributed by atoms with Crippen molar-refractivity contribution in [3.05, 3.63) is 0 Å². The van der Waals surface area contributed by atoms with Gasteiger partial charge in [-0.3, -0.25) is 0 Å². The molecule has 0 radical (unpaired) electrons. The molecule has 2 fully saturated rings. The highest BCUT2D eigenvalue weighted by Gasteiger charge is 2.42. The summed E-state index contributed by atoms with van der Waals surface area (Å²) in [6.45, 7) is 13.2. The zero-order valence-electron chi connectivity index (χ0n) is 16.1. The molecule has 0 saturated carbocycles. The molecule has 2 aliphatic rings. The van der Waals surface area contributed by atoms with E-state index < -0.39 is 0 Å². The fraction of sp³-hybridized carbons (Fsp3) is 1.00. The number of hydrogen-bond donors (Lipinski definition) is 0. The Labute approximate surface area is 143 Å². The normalized spacial score (nSPS) is 31.2. The van der Waals surface area contributed by atoms with Gasteiger partial charge in [-0.2, -0.15) is 0 Å². The van der Waals surface area contributed by atoms with Crippen LogP contribution in [0.15, 0.2) is 0 Å². The number of nitrogens with zero attached hydrogens (tertiary/aromatic N) is 2. The van der Waals surface area contributed by atoms with Crippen LogP contribution < -0.4 is 0 Å². The lowest BCUT2D eigenvalue weighted by molar-refractivity contribution is -0.118. The number of rotatable bonds is 8. The smallest absolute Gasteiger partial charge is 0.0702 e. The highest BCUT2D eigenvalue weighted by molar-refractivity contribution is 4.94. The van der Waals surface area contributed by atoms with Crippen LogP contribution in [-0.4, -0.2) is 75.0 Å². The number of ether oxygens (including phenoxy) is 2. The van der Waals surface area contributed by atoms with Gasteiger partial charge in [-0.15, -0.1) is 0 Å². The van der Waals surface area contributed by atoms with E-state index in [1.807, 2.05) is 0 Å². The van der Waals surface area contributed by atoms with Crippen LogP contribution in [0.4, 0.5) is 0 Å². The molecule has 0 spiro atoms. The van der Waals surface area contributed by atoms with Crippen LogP contribution in [0.3, 0.4) is 0 Å². The maximum Gasteiger partial charge on any atom is 0.0702 e. The minimum Gasteiger partial charge on any atom is -0.377 e. The second-order valence-electron chi connectivity index (χ2n) is 8.64. The molecular weight excluding hydrogens is 288 g/mol. The van der Waals surface area contributed by atoms with Gasteiger partial charge in [0, 0.05) is 38.3 Å². The van der Waals surface area contributed by atoms with Crippen molar-refractivity contribution in [1.29, 1.82) is 0 Å². The van der Waals surface area contributed by atoms with Crippen LogP contribution in [0.5, 0.6) is 0 Å². The summed E-state index contributed by atoms with van der Waals surface area (Å²) in [4.78, 5) is 5.03. The largest absolute Gasteiger partial charge is 0.377 e. The van der Waals surface area contributed by atoms with Crippen molar-refractivity contribution < 1.29 is 9.47 Å². The Hall–Kier alpha value is -0.160. The Balaban J connectivity index is 2.06. The van der Waals surface area contributed by atoms with E-state index in [1.165, 1.54) is 38.8 Å². The van der Waals surface area contributed by atoms with E-state index in [0.717, 1.165) is 32.7 Å². The summed E-state index contributed by atoms with van der Waals surface area (Å²) in [7, 11) is 4.41. The first kappa shape index (κ1) is 19.2. The van der Waals surface area contributed by atoms with Gasteiger partial charge in [-0.25, -0.2) is 0 Å². The molecule has 136 valence electrons. The van der Waals surface area contributed by atoms with Crippen LogP contribution in [0, 0.1) is 5.41 Å². The van der Waals surface area contributed by atoms with E-state index >= 15 is 0 Å². The first-order valence-electron chi connectivity index (χ1n) is 9.47. The molecule has 4 heteroatoms. The monoisotopic (exact) mass is 326 g/mol. The molecule has 2 saturated heterocycles. The van der Waals surface area contributed by atoms with Gasteiger partial charge < -0.3 is 19.3 Å². The molecule has 0 N–H and O–H groups in total. The molecule has 0 aromatic heterocycles. The summed E-state index contributed by atoms with van der Waals surface area (Å²) >= 11 is 0. The molecule has 4 nitrogen and oxygen atoms in total. The first-order chi connectivity index (χ1) is 10.8. The van der Waals surface area contributed by atoms with E-state index in [1.54, 1.807) is 0 Å². The molecule has 0 unspecified atom stereocenters. The van der Waals surface area contributed by atoms with Crippen molar-refractivity contribution in [3.63, 3.8) is 0 Å². The summed E-state index contributed by atoms with van der Waals surface area (Å²) in [5.41, 5.74) is 0.328. The molecule has 23 heavy (non-hydrogen) atoms. The SMILES string of the molecule is CCCN(C[C@@H]1CCCO1)C[C@]1(CN(C)C)CCOC(C)(C)C1. The maximum absolute atomic E-state index is 6.02. The highest BCUT2D eigenvalue weighted by Crippen LogP contribution is 2.40. The van der Waals surface area contributed by atoms with E-state index in [4.69, 9.17) is 9.47 Å². The lowest BCUT2D eigenvalue weighted by Crippen LogP contribution is -2.52. The predicted octanol–water partition coefficient (Wildman–Crippen LogP) is 3.01. The summed E-state index contributed by atoms with van der Waals surface area (Å²) < 4.78 is 11.9. The van der Waals surface area contributed by atoms with Gasteiger partial charge >= 0.3 is 0 Å². The summed E-state index contributed by atoms with van der Waals surface area (Å²) in [6, 6.07) is 0. The molecule has 0 bridgehead atoms. The van der Waals surface area contributed by atoms with Crippen molar-refractivity contribution in [2.24, 2.45) is 5.41 Å². The molecule has 0 aromatic rings. The van der Waals surface area contributed by atoms with Gasteiger partial charge in [0.05, 0.1) is 11.7 Å². The Morgan fingerprint density at radius 1 is 1.13 bits per heavy atom. The molecule has 0 aliphatic carbocycles. The first-order valence-corrected chi connectivity index (χ1v) is 9.47. The number of hydrogen-bond acceptors (Lipinski definition) is 4. The molecule has 2 aliphatic heterocycles. The quantitative estimate of drug-likeness (QED) is 0.684. The average molecular weight is 327 g/mol. The van der Waals surface area contributed by atoms with E-state index in [9.17, 15) is 0 Å². The van der Waals surface area contributed by atoms with Crippen LogP contribution in [-0.2, 0) is 9.47 Å². The molecular formula is C19H38N2O2. The third-order valence-corrected chi connectivity index (χ3v) is 5.16. The predicted molar refractivity (Wildman–Crippen MR) is 96.0 cm³/mol. The Kier molecular flexibility index (Phi) is 6.90. The summed E-state index contributed by atoms with van der Waals surface area (Å²) in [5, 5.41) is 0. The van der Waals surface area contributed by atoms with Gasteiger partial charge in [-0.1, -0.05) is 6.92 Å². The highest BCUT2D eigenvalue weighted by atomic mass is 16.5. The maximum atomic E-state index is 6.02. The van der Waals surface area contributed by atoms with Crippen LogP contribution in [0.1, 0.15) is 52.9 Å². The fourth-order valence-corrected chi connectivity index (χ4v) is 4.68. The van der Waals surface area contributed by atoms with Gasteiger partial charge in [0.2, 0.25) is 0 Å². The van der Waals surface area contributed by atoms with Gasteiger partial charge in [0.15, 0.2) is 0 Å². The van der Waals surface area contributed by atoms with Crippen molar-refractivity contribution in [2.75, 3.05) is 53.5 Å². The fourth-order valence-electron chi connectivity index (χ4n) is 4.68. The molecule has 0 aromatic carbocycles. The summed E-state index contributed by atoms with van der Waals surface area (Å²) in [5.74, 6) is 0. The Morgan fingerprint density at radius 3 is 2.48 bits per heavy atom. The lowest BCUT2D eigenvalue weighted by atomic mass is 9.73. The molecule has 2 rings (SSSR count). The average Bonchev–Trinajstić information content (AvgIpc) is 2.89. The summed E-state index contributed by atoms with van der Waals surface area (Å²) in [6.07, 6.45) is 6.43. The van der Waals surface area contributed by atoms with E-state index in [2.05, 4.69) is 44.7 Å². The van der Waals surface area contributed by atoms with E-state index in [0.29, 0.717) is 11.5 Å². The zero-order valence-corrected chi connectivity index (χ0v) is 16.1. The Morgan fingerprint density at radius 2 is 1.91 bits per heavy atom. The third kappa shape index (κ3) is 6.00. The second kappa shape index (κ2) is 8.28. The van der Waals surface area contributed by atoms with Crippen LogP contribution >= 0.6 is 0 Å². The van der Waals surface area contributed by atoms with Crippen LogP contribution in [0.25, 0.3) is 0 Å². The van der Waals surface area contributed by atoms with Gasteiger partial charge in [0.25, 0.3) is 0 Å². The molecule has 2 heterocycles. The minimum atomic E-state index is -0.00397. The Bertz CT molecular complexity index is 353. The molecule has 2 atom stereocenters. The zero-order chi connectivity index (χ0) is 16.9. The van der Waals surface area contributed by atoms with Crippen molar-refractivity contribution in [1.82, 2.24) is 9.80 Å². The second-order valence-corrected chi connectivity index (χ2v) is 8.64. The lowest BCUT2D eigenvalue weighted by Gasteiger charge is -2.48. The van der Waals surface area contributed by atoms with Crippen molar-refractivity contribution in [2.45, 2.75) is 64.6 Å². The van der Waals surface area contributed by atoms with E-state index in [-0.39, 0.29) is 5.60 Å². The van der Waals surface area contributed by atoms with Gasteiger partial charge in [0.1, 0.15) is 0 Å². The van der Waals surface area contributed by atoms with Crippen molar-refractivity contribution in [3.8, 4) is 0 Å². The standard InChI is InChI=1S/C19H38N2O2/c1-6-10-21(13-17-8-7-11-22-17)16-19(15-20(4)5)9-12-23-18(2,3)14-19/h17H,6-16H2,1-5H3/t17-,19+/m0/s1. The molecule has 0 amide bonds. The third-order valence-electron chi connectivity index (χ3n) is 5.16. The van der Waals surface area contributed by atoms with Gasteiger partial charge in [-0.05, 0) is 66.6 Å². The van der Waals surface area contributed by atoms with Crippen molar-refractivity contribution >= 4 is 0 Å². The van der Waals surface area contributed by atoms with Crippen LogP contribution in [0.2, 0.25) is 0 Å².